The average Bonchev–Trinajstić information content (AvgIpc) is 3.60. The molecule has 4 heterocycles. The van der Waals surface area contributed by atoms with Crippen LogP contribution < -0.4 is 4.90 Å². The fourth-order valence-corrected chi connectivity index (χ4v) is 4.23. The number of hydrogen-bond donors (Lipinski definition) is 4. The maximum absolute atomic E-state index is 10.3. The van der Waals surface area contributed by atoms with Crippen molar-refractivity contribution in [2.24, 2.45) is 0 Å². The van der Waals surface area contributed by atoms with Gasteiger partial charge in [-0.1, -0.05) is 0 Å². The van der Waals surface area contributed by atoms with E-state index in [4.69, 9.17) is 34.6 Å². The van der Waals surface area contributed by atoms with Gasteiger partial charge in [-0.2, -0.15) is 0 Å². The number of morpholine rings is 1. The second-order valence-electron chi connectivity index (χ2n) is 9.80. The third kappa shape index (κ3) is 10.6. The molecule has 1 saturated heterocycles. The van der Waals surface area contributed by atoms with Crippen molar-refractivity contribution in [2.45, 2.75) is 51.4 Å². The minimum absolute atomic E-state index is 0.728. The Bertz CT molecular complexity index is 1270. The van der Waals surface area contributed by atoms with Gasteiger partial charge < -0.3 is 39.0 Å². The van der Waals surface area contributed by atoms with Crippen molar-refractivity contribution in [3.63, 3.8) is 0 Å². The number of aliphatic carboxylic acids is 3. The second-order valence-corrected chi connectivity index (χ2v) is 9.80. The van der Waals surface area contributed by atoms with Gasteiger partial charge in [0.25, 0.3) is 0 Å². The van der Waals surface area contributed by atoms with Crippen LogP contribution in [0.15, 0.2) is 47.5 Å². The summed E-state index contributed by atoms with van der Waals surface area (Å²) < 4.78 is 13.4. The summed E-state index contributed by atoms with van der Waals surface area (Å²) in [6.07, 6.45) is 6.27. The van der Waals surface area contributed by atoms with Gasteiger partial charge in [-0.15, -0.1) is 0 Å². The number of aryl methyl sites for hydroxylation is 2. The fraction of sp³-hybridized carbons (Fsp3) is 0.481. The smallest absolute Gasteiger partial charge is 0.336 e. The maximum Gasteiger partial charge on any atom is 0.336 e. The molecule has 0 radical (unpaired) electrons. The summed E-state index contributed by atoms with van der Waals surface area (Å²) in [5, 5.41) is 33.8. The number of hydrogen-bond acceptors (Lipinski definition) is 11. The Morgan fingerprint density at radius 3 is 2.31 bits per heavy atom. The molecule has 1 aliphatic heterocycles. The minimum Gasteiger partial charge on any atom is -0.481 e. The summed E-state index contributed by atoms with van der Waals surface area (Å²) in [6.45, 7) is 8.50. The molecule has 0 bridgehead atoms. The Hall–Kier alpha value is -4.34. The van der Waals surface area contributed by atoms with Gasteiger partial charge in [0.05, 0.1) is 44.6 Å². The number of nitrogens with zero attached hydrogens (tertiary/aromatic N) is 6. The van der Waals surface area contributed by atoms with Crippen molar-refractivity contribution in [1.29, 1.82) is 0 Å². The Balaban J connectivity index is 0.000000316. The van der Waals surface area contributed by atoms with E-state index >= 15 is 0 Å². The summed E-state index contributed by atoms with van der Waals surface area (Å²) >= 11 is 0. The molecule has 0 atom stereocenters. The lowest BCUT2D eigenvalue weighted by Crippen LogP contribution is -2.42. The molecule has 1 aliphatic rings. The molecular formula is C27H36N6O9. The Kier molecular flexibility index (Phi) is 12.0. The van der Waals surface area contributed by atoms with Gasteiger partial charge in [0.2, 0.25) is 5.95 Å². The van der Waals surface area contributed by atoms with Crippen LogP contribution in [0, 0.1) is 6.92 Å². The Morgan fingerprint density at radius 2 is 1.74 bits per heavy atom. The molecule has 0 spiro atoms. The monoisotopic (exact) mass is 588 g/mol. The number of anilines is 1. The number of rotatable bonds is 14. The summed E-state index contributed by atoms with van der Waals surface area (Å²) in [5.74, 6) is -2.31. The first-order chi connectivity index (χ1) is 20.0. The highest BCUT2D eigenvalue weighted by atomic mass is 16.5. The molecule has 3 aromatic rings. The Labute approximate surface area is 242 Å². The number of carbonyl (C=O) groups is 3. The van der Waals surface area contributed by atoms with Crippen LogP contribution in [0.4, 0.5) is 5.95 Å². The summed E-state index contributed by atoms with van der Waals surface area (Å²) in [6, 6.07) is 6.07. The van der Waals surface area contributed by atoms with E-state index in [0.717, 1.165) is 82.1 Å². The highest BCUT2D eigenvalue weighted by Gasteiger charge is 2.40. The first kappa shape index (κ1) is 32.2. The number of imidazole rings is 1. The first-order valence-electron chi connectivity index (χ1n) is 13.3. The zero-order chi connectivity index (χ0) is 30.5. The van der Waals surface area contributed by atoms with Crippen LogP contribution in [0.5, 0.6) is 0 Å². The Morgan fingerprint density at radius 1 is 1.02 bits per heavy atom. The number of carboxylic acids is 3. The highest BCUT2D eigenvalue weighted by Crippen LogP contribution is 2.16. The average molecular weight is 589 g/mol. The molecule has 42 heavy (non-hydrogen) atoms. The zero-order valence-corrected chi connectivity index (χ0v) is 23.3. The van der Waals surface area contributed by atoms with Gasteiger partial charge >= 0.3 is 17.9 Å². The van der Waals surface area contributed by atoms with Crippen molar-refractivity contribution in [2.75, 3.05) is 37.7 Å². The lowest BCUT2D eigenvalue weighted by atomic mass is 9.96. The van der Waals surface area contributed by atoms with Gasteiger partial charge in [0, 0.05) is 51.3 Å². The lowest BCUT2D eigenvalue weighted by Gasteiger charge is -2.27. The van der Waals surface area contributed by atoms with Gasteiger partial charge in [-0.25, -0.2) is 19.7 Å². The van der Waals surface area contributed by atoms with Crippen molar-refractivity contribution < 1.29 is 44.0 Å². The molecule has 0 amide bonds. The molecule has 15 nitrogen and oxygen atoms in total. The third-order valence-corrected chi connectivity index (χ3v) is 6.29. The van der Waals surface area contributed by atoms with Crippen molar-refractivity contribution in [3.05, 3.63) is 60.3 Å². The standard InChI is InChI=1S/C21H28N6O2.C6H8O7/c1-18-3-4-20(29-18)16-26(9-2-8-25-10-7-22-17-25)15-19-5-6-23-21(24-19)27-11-13-28-14-12-27;7-3(8)1-6(13,5(11)12)2-4(9)10/h3-7,10,17H,2,8-9,11-16H2,1H3;13H,1-2H2,(H,7,8)(H,9,10)(H,11,12). The van der Waals surface area contributed by atoms with E-state index < -0.39 is 36.4 Å². The maximum atomic E-state index is 10.3. The van der Waals surface area contributed by atoms with E-state index in [0.29, 0.717) is 0 Å². The van der Waals surface area contributed by atoms with Gasteiger partial charge in [0.1, 0.15) is 11.5 Å². The minimum atomic E-state index is -2.74. The largest absolute Gasteiger partial charge is 0.481 e. The van der Waals surface area contributed by atoms with Gasteiger partial charge in [-0.05, 0) is 31.5 Å². The first-order valence-corrected chi connectivity index (χ1v) is 13.3. The summed E-state index contributed by atoms with van der Waals surface area (Å²) in [4.78, 5) is 48.4. The molecule has 228 valence electrons. The van der Waals surface area contributed by atoms with E-state index in [2.05, 4.69) is 30.4 Å². The number of aromatic nitrogens is 4. The fourth-order valence-electron chi connectivity index (χ4n) is 4.23. The number of ether oxygens (including phenoxy) is 1. The molecule has 0 aliphatic carbocycles. The number of aliphatic hydroxyl groups is 1. The molecule has 0 unspecified atom stereocenters. The van der Waals surface area contributed by atoms with E-state index in [1.165, 1.54) is 0 Å². The van der Waals surface area contributed by atoms with Crippen LogP contribution in [0.1, 0.15) is 36.5 Å². The molecule has 1 fully saturated rings. The van der Waals surface area contributed by atoms with E-state index in [1.807, 2.05) is 44.0 Å². The SMILES string of the molecule is Cc1ccc(CN(CCCn2ccnc2)Cc2ccnc(N3CCOCC3)n2)o1.O=C(O)CC(O)(CC(=O)O)C(=O)O. The molecule has 15 heteroatoms. The normalized spacial score (nSPS) is 13.5. The van der Waals surface area contributed by atoms with E-state index in [-0.39, 0.29) is 0 Å². The van der Waals surface area contributed by atoms with Crippen LogP contribution in [-0.2, 0) is 38.8 Å². The molecule has 4 N–H and O–H groups in total. The number of carboxylic acid groups (broad SMARTS) is 3. The molecule has 3 aromatic heterocycles. The summed E-state index contributed by atoms with van der Waals surface area (Å²) in [5.41, 5.74) is -1.72. The lowest BCUT2D eigenvalue weighted by molar-refractivity contribution is -0.170. The molecular weight excluding hydrogens is 552 g/mol. The molecule has 0 aromatic carbocycles. The van der Waals surface area contributed by atoms with Crippen LogP contribution in [0.2, 0.25) is 0 Å². The van der Waals surface area contributed by atoms with E-state index in [1.54, 1.807) is 0 Å². The predicted molar refractivity (Wildman–Crippen MR) is 147 cm³/mol. The second kappa shape index (κ2) is 15.6. The third-order valence-electron chi connectivity index (χ3n) is 6.29. The van der Waals surface area contributed by atoms with Crippen LogP contribution in [-0.4, -0.2) is 101 Å². The number of furan rings is 1. The quantitative estimate of drug-likeness (QED) is 0.209. The van der Waals surface area contributed by atoms with Crippen molar-refractivity contribution >= 4 is 23.9 Å². The van der Waals surface area contributed by atoms with Gasteiger partial charge in [-0.3, -0.25) is 14.5 Å². The van der Waals surface area contributed by atoms with Crippen LogP contribution >= 0.6 is 0 Å². The highest BCUT2D eigenvalue weighted by molar-refractivity contribution is 5.88. The molecule has 4 rings (SSSR count). The summed E-state index contributed by atoms with van der Waals surface area (Å²) in [7, 11) is 0. The van der Waals surface area contributed by atoms with Crippen molar-refractivity contribution in [3.8, 4) is 0 Å². The van der Waals surface area contributed by atoms with Crippen LogP contribution in [0.3, 0.4) is 0 Å². The van der Waals surface area contributed by atoms with Crippen LogP contribution in [0.25, 0.3) is 0 Å². The van der Waals surface area contributed by atoms with E-state index in [9.17, 15) is 14.4 Å². The molecule has 0 saturated carbocycles. The zero-order valence-electron chi connectivity index (χ0n) is 23.3. The van der Waals surface area contributed by atoms with Crippen molar-refractivity contribution in [1.82, 2.24) is 24.4 Å². The topological polar surface area (TPSA) is 205 Å². The predicted octanol–water partition coefficient (Wildman–Crippen LogP) is 1.26. The van der Waals surface area contributed by atoms with Gasteiger partial charge in [0.15, 0.2) is 5.60 Å².